The van der Waals surface area contributed by atoms with Crippen molar-refractivity contribution < 1.29 is 14.4 Å². The lowest BCUT2D eigenvalue weighted by atomic mass is 9.82. The standard InChI is InChI=1S/C13H18N2O3/c16-10-13(6-1-2-7-13)11(17)15(12(18)14-10)8-5-9-3-4-9/h9H,1-8H2,(H,14,16,18). The summed E-state index contributed by atoms with van der Waals surface area (Å²) >= 11 is 0. The number of hydrogen-bond donors (Lipinski definition) is 1. The van der Waals surface area contributed by atoms with Crippen LogP contribution in [0.5, 0.6) is 0 Å². The number of barbiturate groups is 1. The van der Waals surface area contributed by atoms with Crippen molar-refractivity contribution in [1.29, 1.82) is 0 Å². The number of nitrogens with zero attached hydrogens (tertiary/aromatic N) is 1. The second-order valence-electron chi connectivity index (χ2n) is 5.74. The molecule has 5 nitrogen and oxygen atoms in total. The Morgan fingerprint density at radius 3 is 2.44 bits per heavy atom. The summed E-state index contributed by atoms with van der Waals surface area (Å²) in [5, 5.41) is 2.36. The van der Waals surface area contributed by atoms with E-state index in [0.29, 0.717) is 25.3 Å². The van der Waals surface area contributed by atoms with Crippen LogP contribution in [-0.4, -0.2) is 29.3 Å². The van der Waals surface area contributed by atoms with E-state index < -0.39 is 11.4 Å². The molecule has 1 N–H and O–H groups in total. The van der Waals surface area contributed by atoms with Crippen molar-refractivity contribution in [3.8, 4) is 0 Å². The molecule has 1 spiro atoms. The predicted octanol–water partition coefficient (Wildman–Crippen LogP) is 1.43. The Kier molecular flexibility index (Phi) is 2.64. The fraction of sp³-hybridized carbons (Fsp3) is 0.769. The molecule has 3 aliphatic rings. The van der Waals surface area contributed by atoms with E-state index in [2.05, 4.69) is 5.32 Å². The molecule has 1 heterocycles. The summed E-state index contributed by atoms with van der Waals surface area (Å²) < 4.78 is 0. The molecule has 0 unspecified atom stereocenters. The summed E-state index contributed by atoms with van der Waals surface area (Å²) in [6, 6.07) is -0.525. The summed E-state index contributed by atoms with van der Waals surface area (Å²) in [6.45, 7) is 0.463. The second kappa shape index (κ2) is 4.07. The minimum Gasteiger partial charge on any atom is -0.277 e. The molecular weight excluding hydrogens is 232 g/mol. The summed E-state index contributed by atoms with van der Waals surface area (Å²) in [5.74, 6) is 0.0369. The topological polar surface area (TPSA) is 66.5 Å². The summed E-state index contributed by atoms with van der Waals surface area (Å²) in [7, 11) is 0. The molecule has 0 aromatic rings. The maximum Gasteiger partial charge on any atom is 0.330 e. The van der Waals surface area contributed by atoms with Crippen molar-refractivity contribution in [3.05, 3.63) is 0 Å². The van der Waals surface area contributed by atoms with Crippen LogP contribution in [0, 0.1) is 11.3 Å². The molecule has 4 amide bonds. The van der Waals surface area contributed by atoms with Gasteiger partial charge in [0.15, 0.2) is 0 Å². The third-order valence-electron chi connectivity index (χ3n) is 4.47. The lowest BCUT2D eigenvalue weighted by Crippen LogP contribution is -2.63. The molecule has 0 aromatic heterocycles. The van der Waals surface area contributed by atoms with Crippen LogP contribution >= 0.6 is 0 Å². The number of nitrogens with one attached hydrogen (secondary N) is 1. The van der Waals surface area contributed by atoms with Gasteiger partial charge in [0.1, 0.15) is 5.41 Å². The molecule has 3 fully saturated rings. The Hall–Kier alpha value is -1.39. The third-order valence-corrected chi connectivity index (χ3v) is 4.47. The minimum absolute atomic E-state index is 0.255. The van der Waals surface area contributed by atoms with Crippen molar-refractivity contribution in [2.24, 2.45) is 11.3 Å². The van der Waals surface area contributed by atoms with Crippen LogP contribution in [0.2, 0.25) is 0 Å². The minimum atomic E-state index is -0.933. The van der Waals surface area contributed by atoms with Crippen molar-refractivity contribution in [1.82, 2.24) is 10.2 Å². The normalized spacial score (nSPS) is 26.9. The monoisotopic (exact) mass is 250 g/mol. The van der Waals surface area contributed by atoms with Gasteiger partial charge in [-0.2, -0.15) is 0 Å². The van der Waals surface area contributed by atoms with Crippen LogP contribution in [-0.2, 0) is 9.59 Å². The zero-order valence-electron chi connectivity index (χ0n) is 10.4. The number of rotatable bonds is 3. The lowest BCUT2D eigenvalue weighted by molar-refractivity contribution is -0.151. The molecule has 2 aliphatic carbocycles. The van der Waals surface area contributed by atoms with Gasteiger partial charge in [-0.3, -0.25) is 19.8 Å². The highest BCUT2D eigenvalue weighted by atomic mass is 16.2. The molecule has 3 rings (SSSR count). The Labute approximate surface area is 106 Å². The third kappa shape index (κ3) is 1.72. The van der Waals surface area contributed by atoms with E-state index in [1.165, 1.54) is 17.7 Å². The van der Waals surface area contributed by atoms with Gasteiger partial charge in [-0.25, -0.2) is 4.79 Å². The van der Waals surface area contributed by atoms with Crippen LogP contribution < -0.4 is 5.32 Å². The Morgan fingerprint density at radius 1 is 1.17 bits per heavy atom. The molecule has 1 saturated heterocycles. The van der Waals surface area contributed by atoms with E-state index in [4.69, 9.17) is 0 Å². The van der Waals surface area contributed by atoms with Gasteiger partial charge >= 0.3 is 6.03 Å². The van der Waals surface area contributed by atoms with Gasteiger partial charge in [0.25, 0.3) is 0 Å². The average Bonchev–Trinajstić information content (AvgIpc) is 3.03. The van der Waals surface area contributed by atoms with Gasteiger partial charge in [-0.05, 0) is 25.2 Å². The SMILES string of the molecule is O=C1NC(=O)C2(CCCC2)C(=O)N1CCC1CC1. The first-order valence-electron chi connectivity index (χ1n) is 6.81. The molecule has 2 saturated carbocycles. The first kappa shape index (κ1) is 11.7. The van der Waals surface area contributed by atoms with Gasteiger partial charge in [0, 0.05) is 6.54 Å². The largest absolute Gasteiger partial charge is 0.330 e. The summed E-state index contributed by atoms with van der Waals surface area (Å²) in [4.78, 5) is 37.4. The van der Waals surface area contributed by atoms with Crippen LogP contribution in [0.4, 0.5) is 4.79 Å². The number of carbonyl (C=O) groups is 3. The molecule has 98 valence electrons. The van der Waals surface area contributed by atoms with E-state index in [1.54, 1.807) is 0 Å². The lowest BCUT2D eigenvalue weighted by Gasteiger charge is -2.36. The van der Waals surface area contributed by atoms with Gasteiger partial charge in [0.2, 0.25) is 11.8 Å². The number of imide groups is 2. The fourth-order valence-electron chi connectivity index (χ4n) is 3.07. The number of urea groups is 1. The Balaban J connectivity index is 1.77. The molecule has 5 heteroatoms. The zero-order chi connectivity index (χ0) is 12.8. The quantitative estimate of drug-likeness (QED) is 0.770. The highest BCUT2D eigenvalue weighted by Crippen LogP contribution is 2.42. The number of carbonyl (C=O) groups excluding carboxylic acids is 3. The van der Waals surface area contributed by atoms with Crippen molar-refractivity contribution in [3.63, 3.8) is 0 Å². The average molecular weight is 250 g/mol. The zero-order valence-corrected chi connectivity index (χ0v) is 10.4. The van der Waals surface area contributed by atoms with E-state index in [9.17, 15) is 14.4 Å². The van der Waals surface area contributed by atoms with Crippen molar-refractivity contribution >= 4 is 17.8 Å². The van der Waals surface area contributed by atoms with E-state index in [-0.39, 0.29) is 11.8 Å². The molecule has 18 heavy (non-hydrogen) atoms. The van der Waals surface area contributed by atoms with Crippen LogP contribution in [0.3, 0.4) is 0 Å². The highest BCUT2D eigenvalue weighted by Gasteiger charge is 2.54. The first-order chi connectivity index (χ1) is 8.63. The Bertz CT molecular complexity index is 408. The summed E-state index contributed by atoms with van der Waals surface area (Å²) in [5.41, 5.74) is -0.933. The highest BCUT2D eigenvalue weighted by molar-refractivity contribution is 6.19. The molecular formula is C13H18N2O3. The van der Waals surface area contributed by atoms with Gasteiger partial charge in [-0.15, -0.1) is 0 Å². The van der Waals surface area contributed by atoms with Crippen LogP contribution in [0.25, 0.3) is 0 Å². The molecule has 0 bridgehead atoms. The fourth-order valence-corrected chi connectivity index (χ4v) is 3.07. The van der Waals surface area contributed by atoms with Gasteiger partial charge in [0.05, 0.1) is 0 Å². The summed E-state index contributed by atoms with van der Waals surface area (Å²) in [6.07, 6.45) is 6.24. The second-order valence-corrected chi connectivity index (χ2v) is 5.74. The van der Waals surface area contributed by atoms with Crippen LogP contribution in [0.1, 0.15) is 44.9 Å². The van der Waals surface area contributed by atoms with Gasteiger partial charge < -0.3 is 0 Å². The Morgan fingerprint density at radius 2 is 1.83 bits per heavy atom. The first-order valence-corrected chi connectivity index (χ1v) is 6.81. The number of hydrogen-bond acceptors (Lipinski definition) is 3. The van der Waals surface area contributed by atoms with E-state index in [1.807, 2.05) is 0 Å². The smallest absolute Gasteiger partial charge is 0.277 e. The number of amides is 4. The van der Waals surface area contributed by atoms with E-state index in [0.717, 1.165) is 19.3 Å². The van der Waals surface area contributed by atoms with E-state index >= 15 is 0 Å². The van der Waals surface area contributed by atoms with Crippen LogP contribution in [0.15, 0.2) is 0 Å². The van der Waals surface area contributed by atoms with Crippen molar-refractivity contribution in [2.75, 3.05) is 6.54 Å². The van der Waals surface area contributed by atoms with Crippen molar-refractivity contribution in [2.45, 2.75) is 44.9 Å². The molecule has 0 atom stereocenters. The molecule has 0 aromatic carbocycles. The maximum atomic E-state index is 12.4. The van der Waals surface area contributed by atoms with Gasteiger partial charge in [-0.1, -0.05) is 25.7 Å². The molecule has 0 radical (unpaired) electrons. The maximum absolute atomic E-state index is 12.4. The predicted molar refractivity (Wildman–Crippen MR) is 63.5 cm³/mol. The molecule has 1 aliphatic heterocycles.